The van der Waals surface area contributed by atoms with Gasteiger partial charge in [0.05, 0.1) is 26.8 Å². The molecule has 0 unspecified atom stereocenters. The second kappa shape index (κ2) is 7.60. The summed E-state index contributed by atoms with van der Waals surface area (Å²) in [6, 6.07) is 9.21. The summed E-state index contributed by atoms with van der Waals surface area (Å²) in [6.07, 6.45) is 1.22. The Labute approximate surface area is 185 Å². The monoisotopic (exact) mass is 453 g/mol. The van der Waals surface area contributed by atoms with Crippen molar-refractivity contribution in [3.05, 3.63) is 51.8 Å². The number of thiophene rings is 2. The molecule has 0 aliphatic carbocycles. The van der Waals surface area contributed by atoms with Gasteiger partial charge in [0.2, 0.25) is 0 Å². The molecule has 158 valence electrons. The van der Waals surface area contributed by atoms with Crippen molar-refractivity contribution in [2.45, 2.75) is 13.0 Å². The lowest BCUT2D eigenvalue weighted by Crippen LogP contribution is -2.53. The predicted octanol–water partition coefficient (Wildman–Crippen LogP) is 3.79. The number of likely N-dealkylation sites (tertiary alicyclic amines) is 1. The van der Waals surface area contributed by atoms with E-state index in [2.05, 4.69) is 10.3 Å². The highest BCUT2D eigenvalue weighted by molar-refractivity contribution is 7.21. The fourth-order valence-electron chi connectivity index (χ4n) is 3.67. The molecule has 0 spiro atoms. The van der Waals surface area contributed by atoms with Crippen molar-refractivity contribution in [2.75, 3.05) is 20.1 Å². The van der Waals surface area contributed by atoms with Crippen LogP contribution in [0.5, 0.6) is 11.5 Å². The van der Waals surface area contributed by atoms with Gasteiger partial charge in [0.25, 0.3) is 11.8 Å². The Hall–Kier alpha value is -3.01. The Morgan fingerprint density at radius 2 is 2.03 bits per heavy atom. The highest BCUT2D eigenvalue weighted by Gasteiger charge is 2.30. The van der Waals surface area contributed by atoms with E-state index in [1.807, 2.05) is 25.1 Å². The normalized spacial score (nSPS) is 14.1. The number of fused-ring (bicyclic) bond motifs is 2. The quantitative estimate of drug-likeness (QED) is 0.491. The fraction of sp³-hybridized carbons (Fsp3) is 0.227. The highest BCUT2D eigenvalue weighted by Crippen LogP contribution is 2.38. The average molecular weight is 454 g/mol. The van der Waals surface area contributed by atoms with Crippen molar-refractivity contribution in [3.8, 4) is 11.5 Å². The molecular formula is C22H19N3O4S2. The van der Waals surface area contributed by atoms with Crippen molar-refractivity contribution >= 4 is 54.8 Å². The number of nitrogens with one attached hydrogen (secondary N) is 1. The van der Waals surface area contributed by atoms with Crippen molar-refractivity contribution < 1.29 is 19.4 Å². The number of hydrogen-bond acceptors (Lipinski definition) is 7. The smallest absolute Gasteiger partial charge is 0.264 e. The first kappa shape index (κ1) is 19.9. The molecule has 7 nitrogen and oxygen atoms in total. The van der Waals surface area contributed by atoms with Gasteiger partial charge in [-0.15, -0.1) is 22.7 Å². The molecular weight excluding hydrogens is 434 g/mol. The van der Waals surface area contributed by atoms with Crippen LogP contribution < -0.4 is 10.1 Å². The number of aliphatic hydroxyl groups is 1. The number of aryl methyl sites for hydroxylation is 1. The Bertz CT molecular complexity index is 1340. The molecule has 0 saturated carbocycles. The number of carbonyl (C=O) groups is 2. The van der Waals surface area contributed by atoms with Crippen LogP contribution in [-0.2, 0) is 0 Å². The molecule has 0 radical (unpaired) electrons. The van der Waals surface area contributed by atoms with Gasteiger partial charge in [-0.1, -0.05) is 0 Å². The van der Waals surface area contributed by atoms with Gasteiger partial charge in [0.15, 0.2) is 0 Å². The van der Waals surface area contributed by atoms with Crippen molar-refractivity contribution in [2.24, 2.45) is 0 Å². The van der Waals surface area contributed by atoms with Gasteiger partial charge in [-0.2, -0.15) is 0 Å². The van der Waals surface area contributed by atoms with E-state index in [4.69, 9.17) is 4.74 Å². The molecule has 0 atom stereocenters. The SMILES string of the molecule is CNC(=O)c1c(C)sc2cc(Oc3ccnc4cc(C(=O)N5CC(O)C5)sc34)ccc12. The second-order valence-electron chi connectivity index (χ2n) is 7.37. The summed E-state index contributed by atoms with van der Waals surface area (Å²) >= 11 is 2.89. The van der Waals surface area contributed by atoms with Crippen LogP contribution in [0.4, 0.5) is 0 Å². The number of nitrogens with zero attached hydrogens (tertiary/aromatic N) is 2. The summed E-state index contributed by atoms with van der Waals surface area (Å²) in [7, 11) is 1.63. The highest BCUT2D eigenvalue weighted by atomic mass is 32.1. The van der Waals surface area contributed by atoms with E-state index < -0.39 is 6.10 Å². The van der Waals surface area contributed by atoms with E-state index >= 15 is 0 Å². The van der Waals surface area contributed by atoms with Crippen molar-refractivity contribution in [1.29, 1.82) is 0 Å². The summed E-state index contributed by atoms with van der Waals surface area (Å²) in [6.45, 7) is 2.66. The number of benzene rings is 1. The third-order valence-electron chi connectivity index (χ3n) is 5.26. The maximum atomic E-state index is 12.6. The van der Waals surface area contributed by atoms with Gasteiger partial charge in [-0.3, -0.25) is 14.6 Å². The van der Waals surface area contributed by atoms with Crippen molar-refractivity contribution in [1.82, 2.24) is 15.2 Å². The van der Waals surface area contributed by atoms with Crippen LogP contribution in [-0.4, -0.2) is 53.0 Å². The summed E-state index contributed by atoms with van der Waals surface area (Å²) in [5.41, 5.74) is 1.39. The molecule has 31 heavy (non-hydrogen) atoms. The largest absolute Gasteiger partial charge is 0.456 e. The Kier molecular flexibility index (Phi) is 4.88. The number of pyridine rings is 1. The molecule has 1 aromatic carbocycles. The molecule has 2 N–H and O–H groups in total. The topological polar surface area (TPSA) is 91.8 Å². The zero-order valence-corrected chi connectivity index (χ0v) is 18.5. The van der Waals surface area contributed by atoms with E-state index in [1.54, 1.807) is 41.6 Å². The van der Waals surface area contributed by atoms with Gasteiger partial charge in [-0.25, -0.2) is 0 Å². The fourth-order valence-corrected chi connectivity index (χ4v) is 5.80. The molecule has 5 rings (SSSR count). The number of amides is 2. The summed E-state index contributed by atoms with van der Waals surface area (Å²) in [5, 5.41) is 13.0. The number of aliphatic hydroxyl groups excluding tert-OH is 1. The van der Waals surface area contributed by atoms with Gasteiger partial charge in [-0.05, 0) is 31.2 Å². The van der Waals surface area contributed by atoms with Gasteiger partial charge in [0, 0.05) is 47.4 Å². The van der Waals surface area contributed by atoms with E-state index in [1.165, 1.54) is 11.3 Å². The lowest BCUT2D eigenvalue weighted by atomic mass is 10.1. The van der Waals surface area contributed by atoms with Crippen molar-refractivity contribution in [3.63, 3.8) is 0 Å². The predicted molar refractivity (Wildman–Crippen MR) is 122 cm³/mol. The number of aromatic nitrogens is 1. The first-order chi connectivity index (χ1) is 14.9. The van der Waals surface area contributed by atoms with Crippen LogP contribution in [0.3, 0.4) is 0 Å². The first-order valence-corrected chi connectivity index (χ1v) is 11.4. The molecule has 2 amide bonds. The third-order valence-corrected chi connectivity index (χ3v) is 7.45. The summed E-state index contributed by atoms with van der Waals surface area (Å²) < 4.78 is 7.92. The molecule has 1 aliphatic rings. The molecule has 4 aromatic rings. The van der Waals surface area contributed by atoms with Crippen LogP contribution in [0.1, 0.15) is 24.9 Å². The average Bonchev–Trinajstić information content (AvgIpc) is 3.31. The van der Waals surface area contributed by atoms with E-state index in [-0.39, 0.29) is 11.8 Å². The van der Waals surface area contributed by atoms with Crippen LogP contribution in [0.2, 0.25) is 0 Å². The molecule has 1 aliphatic heterocycles. The Morgan fingerprint density at radius 1 is 1.23 bits per heavy atom. The van der Waals surface area contributed by atoms with E-state index in [9.17, 15) is 14.7 Å². The minimum atomic E-state index is -0.435. The number of β-amino-alcohol motifs (C(OH)–C–C–N with tert-alkyl or cyclic N) is 1. The molecule has 0 bridgehead atoms. The van der Waals surface area contributed by atoms with Gasteiger partial charge in [0.1, 0.15) is 11.5 Å². The zero-order valence-electron chi connectivity index (χ0n) is 16.8. The van der Waals surface area contributed by atoms with Crippen LogP contribution in [0, 0.1) is 6.92 Å². The second-order valence-corrected chi connectivity index (χ2v) is 9.68. The maximum absolute atomic E-state index is 12.6. The third kappa shape index (κ3) is 3.44. The first-order valence-electron chi connectivity index (χ1n) is 9.73. The van der Waals surface area contributed by atoms with Crippen LogP contribution >= 0.6 is 22.7 Å². The minimum absolute atomic E-state index is 0.0984. The van der Waals surface area contributed by atoms with Gasteiger partial charge < -0.3 is 20.1 Å². The number of ether oxygens (including phenoxy) is 1. The van der Waals surface area contributed by atoms with Gasteiger partial charge >= 0.3 is 0 Å². The Balaban J connectivity index is 1.47. The number of rotatable bonds is 4. The molecule has 4 heterocycles. The standard InChI is InChI=1S/C22H19N3O4S2/c1-11-19(21(27)23-2)14-4-3-13(7-17(14)30-11)29-16-5-6-24-15-8-18(31-20(15)16)22(28)25-9-12(26)10-25/h3-8,12,26H,9-10H2,1-2H3,(H,23,27). The number of hydrogen-bond donors (Lipinski definition) is 2. The molecule has 1 saturated heterocycles. The van der Waals surface area contributed by atoms with Crippen LogP contribution in [0.15, 0.2) is 36.5 Å². The van der Waals surface area contributed by atoms with E-state index in [0.717, 1.165) is 19.7 Å². The maximum Gasteiger partial charge on any atom is 0.264 e. The van der Waals surface area contributed by atoms with Crippen LogP contribution in [0.25, 0.3) is 20.3 Å². The molecule has 3 aromatic heterocycles. The summed E-state index contributed by atoms with van der Waals surface area (Å²) in [5.74, 6) is 1.07. The molecule has 1 fully saturated rings. The zero-order chi connectivity index (χ0) is 21.7. The summed E-state index contributed by atoms with van der Waals surface area (Å²) in [4.78, 5) is 32.3. The lowest BCUT2D eigenvalue weighted by molar-refractivity contribution is 0.00623. The number of carbonyl (C=O) groups excluding carboxylic acids is 2. The molecule has 9 heteroatoms. The minimum Gasteiger partial charge on any atom is -0.456 e. The Morgan fingerprint density at radius 3 is 2.77 bits per heavy atom. The lowest BCUT2D eigenvalue weighted by Gasteiger charge is -2.35. The van der Waals surface area contributed by atoms with E-state index in [0.29, 0.717) is 40.5 Å².